The summed E-state index contributed by atoms with van der Waals surface area (Å²) in [5, 5.41) is 3.10. The molecule has 0 N–H and O–H groups in total. The van der Waals surface area contributed by atoms with Crippen molar-refractivity contribution in [3.05, 3.63) is 29.6 Å². The maximum atomic E-state index is 10.8. The fraction of sp³-hybridized carbons (Fsp3) is 0.100. The van der Waals surface area contributed by atoms with Gasteiger partial charge in [-0.2, -0.15) is 0 Å². The molecule has 0 saturated carbocycles. The lowest BCUT2D eigenvalue weighted by molar-refractivity contribution is -0.131. The van der Waals surface area contributed by atoms with Crippen LogP contribution in [0.2, 0.25) is 0 Å². The molecule has 0 spiro atoms. The summed E-state index contributed by atoms with van der Waals surface area (Å²) >= 11 is 1.58. The summed E-state index contributed by atoms with van der Waals surface area (Å²) < 4.78 is 6.08. The Kier molecular flexibility index (Phi) is 2.02. The van der Waals surface area contributed by atoms with Gasteiger partial charge in [-0.15, -0.1) is 11.3 Å². The maximum Gasteiger partial charge on any atom is 0.308 e. The van der Waals surface area contributed by atoms with Crippen molar-refractivity contribution >= 4 is 27.4 Å². The maximum absolute atomic E-state index is 10.8. The Morgan fingerprint density at radius 1 is 1.38 bits per heavy atom. The first-order valence-electron chi connectivity index (χ1n) is 3.92. The highest BCUT2D eigenvalue weighted by molar-refractivity contribution is 7.17. The molecule has 0 aliphatic heterocycles. The number of hydrogen-bond donors (Lipinski definition) is 0. The molecule has 0 bridgehead atoms. The van der Waals surface area contributed by atoms with Crippen LogP contribution in [0.1, 0.15) is 6.92 Å². The van der Waals surface area contributed by atoms with Gasteiger partial charge in [0.2, 0.25) is 0 Å². The molecule has 0 aliphatic carbocycles. The first-order chi connectivity index (χ1) is 6.27. The van der Waals surface area contributed by atoms with E-state index in [2.05, 4.69) is 0 Å². The summed E-state index contributed by atoms with van der Waals surface area (Å²) in [6.45, 7) is 1.41. The van der Waals surface area contributed by atoms with Gasteiger partial charge in [0, 0.05) is 6.92 Å². The van der Waals surface area contributed by atoms with Gasteiger partial charge in [0.05, 0.1) is 4.70 Å². The average molecular weight is 192 g/mol. The van der Waals surface area contributed by atoms with Gasteiger partial charge in [0.1, 0.15) is 5.75 Å². The number of fused-ring (bicyclic) bond motifs is 1. The van der Waals surface area contributed by atoms with Gasteiger partial charge in [-0.1, -0.05) is 12.1 Å². The molecule has 0 radical (unpaired) electrons. The Balaban J connectivity index is 2.54. The fourth-order valence-electron chi connectivity index (χ4n) is 1.20. The van der Waals surface area contributed by atoms with Crippen molar-refractivity contribution in [2.24, 2.45) is 0 Å². The summed E-state index contributed by atoms with van der Waals surface area (Å²) in [5.41, 5.74) is 0. The molecule has 0 amide bonds. The van der Waals surface area contributed by atoms with Gasteiger partial charge in [0.25, 0.3) is 0 Å². The van der Waals surface area contributed by atoms with E-state index < -0.39 is 0 Å². The van der Waals surface area contributed by atoms with Crippen LogP contribution in [0.25, 0.3) is 10.1 Å². The molecule has 0 unspecified atom stereocenters. The van der Waals surface area contributed by atoms with Crippen molar-refractivity contribution in [3.63, 3.8) is 0 Å². The quantitative estimate of drug-likeness (QED) is 0.513. The van der Waals surface area contributed by atoms with Crippen LogP contribution in [0.5, 0.6) is 5.75 Å². The minimum atomic E-state index is -0.277. The molecule has 0 fully saturated rings. The molecule has 0 saturated heterocycles. The molecule has 0 atom stereocenters. The minimum absolute atomic E-state index is 0.277. The predicted octanol–water partition coefficient (Wildman–Crippen LogP) is 2.83. The van der Waals surface area contributed by atoms with E-state index in [1.807, 2.05) is 23.6 Å². The van der Waals surface area contributed by atoms with E-state index in [0.29, 0.717) is 5.75 Å². The van der Waals surface area contributed by atoms with Gasteiger partial charge in [-0.05, 0) is 22.9 Å². The third-order valence-electron chi connectivity index (χ3n) is 1.70. The van der Waals surface area contributed by atoms with Crippen molar-refractivity contribution in [2.45, 2.75) is 6.92 Å². The molecular weight excluding hydrogens is 184 g/mol. The lowest BCUT2D eigenvalue weighted by atomic mass is 10.2. The Morgan fingerprint density at radius 3 is 3.00 bits per heavy atom. The van der Waals surface area contributed by atoms with Crippen LogP contribution in [0.3, 0.4) is 0 Å². The number of esters is 1. The second kappa shape index (κ2) is 3.18. The zero-order valence-corrected chi connectivity index (χ0v) is 7.93. The van der Waals surface area contributed by atoms with Crippen LogP contribution in [0, 0.1) is 0 Å². The van der Waals surface area contributed by atoms with E-state index in [4.69, 9.17) is 4.74 Å². The first-order valence-corrected chi connectivity index (χ1v) is 4.80. The molecule has 1 heterocycles. The van der Waals surface area contributed by atoms with Crippen molar-refractivity contribution in [1.82, 2.24) is 0 Å². The molecular formula is C10H8O2S. The Morgan fingerprint density at radius 2 is 2.23 bits per heavy atom. The zero-order valence-electron chi connectivity index (χ0n) is 7.11. The predicted molar refractivity (Wildman–Crippen MR) is 53.1 cm³/mol. The molecule has 13 heavy (non-hydrogen) atoms. The second-order valence-corrected chi connectivity index (χ2v) is 3.60. The number of carbonyl (C=O) groups is 1. The fourth-order valence-corrected chi connectivity index (χ4v) is 2.05. The first kappa shape index (κ1) is 8.26. The number of hydrogen-bond acceptors (Lipinski definition) is 3. The number of benzene rings is 1. The summed E-state index contributed by atoms with van der Waals surface area (Å²) in [6, 6.07) is 7.69. The van der Waals surface area contributed by atoms with Gasteiger partial charge in [0.15, 0.2) is 0 Å². The summed E-state index contributed by atoms with van der Waals surface area (Å²) in [4.78, 5) is 10.8. The lowest BCUT2D eigenvalue weighted by Crippen LogP contribution is -2.00. The van der Waals surface area contributed by atoms with Crippen LogP contribution in [-0.4, -0.2) is 5.97 Å². The van der Waals surface area contributed by atoms with Crippen LogP contribution >= 0.6 is 11.3 Å². The molecule has 3 heteroatoms. The third kappa shape index (κ3) is 1.55. The number of carbonyl (C=O) groups excluding carboxylic acids is 1. The molecule has 2 nitrogen and oxygen atoms in total. The van der Waals surface area contributed by atoms with Crippen LogP contribution < -0.4 is 4.74 Å². The van der Waals surface area contributed by atoms with Crippen molar-refractivity contribution < 1.29 is 9.53 Å². The van der Waals surface area contributed by atoms with E-state index in [1.54, 1.807) is 17.4 Å². The number of thiophene rings is 1. The van der Waals surface area contributed by atoms with Gasteiger partial charge >= 0.3 is 5.97 Å². The summed E-state index contributed by atoms with van der Waals surface area (Å²) in [5.74, 6) is 0.376. The molecule has 2 rings (SSSR count). The minimum Gasteiger partial charge on any atom is -0.425 e. The van der Waals surface area contributed by atoms with Crippen LogP contribution in [0.15, 0.2) is 29.6 Å². The monoisotopic (exact) mass is 192 g/mol. The van der Waals surface area contributed by atoms with E-state index in [1.165, 1.54) is 6.92 Å². The molecule has 1 aromatic carbocycles. The highest BCUT2D eigenvalue weighted by Gasteiger charge is 2.04. The number of rotatable bonds is 1. The highest BCUT2D eigenvalue weighted by Crippen LogP contribution is 2.30. The van der Waals surface area contributed by atoms with Crippen LogP contribution in [-0.2, 0) is 4.79 Å². The highest BCUT2D eigenvalue weighted by atomic mass is 32.1. The van der Waals surface area contributed by atoms with Gasteiger partial charge in [-0.25, -0.2) is 0 Å². The third-order valence-corrected chi connectivity index (χ3v) is 2.64. The van der Waals surface area contributed by atoms with Gasteiger partial charge < -0.3 is 4.74 Å². The Bertz CT molecular complexity index is 445. The number of ether oxygens (including phenoxy) is 1. The second-order valence-electron chi connectivity index (χ2n) is 2.69. The zero-order chi connectivity index (χ0) is 9.26. The van der Waals surface area contributed by atoms with Crippen LogP contribution in [0.4, 0.5) is 0 Å². The van der Waals surface area contributed by atoms with E-state index in [-0.39, 0.29) is 5.97 Å². The van der Waals surface area contributed by atoms with E-state index in [0.717, 1.165) is 10.1 Å². The van der Waals surface area contributed by atoms with Crippen molar-refractivity contribution in [1.29, 1.82) is 0 Å². The topological polar surface area (TPSA) is 26.3 Å². The smallest absolute Gasteiger partial charge is 0.308 e. The van der Waals surface area contributed by atoms with Gasteiger partial charge in [-0.3, -0.25) is 4.79 Å². The Hall–Kier alpha value is -1.35. The molecule has 2 aromatic rings. The lowest BCUT2D eigenvalue weighted by Gasteiger charge is -2.01. The molecule has 1 aromatic heterocycles. The summed E-state index contributed by atoms with van der Waals surface area (Å²) in [7, 11) is 0. The van der Waals surface area contributed by atoms with Crippen molar-refractivity contribution in [3.8, 4) is 5.75 Å². The van der Waals surface area contributed by atoms with E-state index in [9.17, 15) is 4.79 Å². The molecule has 66 valence electrons. The normalized spacial score (nSPS) is 10.2. The largest absolute Gasteiger partial charge is 0.425 e. The standard InChI is InChI=1S/C10H8O2S/c1-7(11)12-9-4-2-3-8-5-6-13-10(8)9/h2-6H,1H3. The van der Waals surface area contributed by atoms with E-state index >= 15 is 0 Å². The average Bonchev–Trinajstić information content (AvgIpc) is 2.51. The SMILES string of the molecule is CC(=O)Oc1cccc2ccsc12. The summed E-state index contributed by atoms with van der Waals surface area (Å²) in [6.07, 6.45) is 0. The molecule has 0 aliphatic rings. The Labute approximate surface area is 79.8 Å². The van der Waals surface area contributed by atoms with Crippen molar-refractivity contribution in [2.75, 3.05) is 0 Å².